The van der Waals surface area contributed by atoms with E-state index in [-0.39, 0.29) is 11.9 Å². The number of likely N-dealkylation sites (tertiary alicyclic amines) is 1. The van der Waals surface area contributed by atoms with Gasteiger partial charge in [0.2, 0.25) is 0 Å². The van der Waals surface area contributed by atoms with Gasteiger partial charge in [-0.05, 0) is 97.4 Å². The van der Waals surface area contributed by atoms with Crippen LogP contribution in [0, 0.1) is 0 Å². The maximum atomic E-state index is 9.57. The summed E-state index contributed by atoms with van der Waals surface area (Å²) in [5.41, 5.74) is 7.87. The molecule has 0 radical (unpaired) electrons. The topological polar surface area (TPSA) is 90.1 Å². The summed E-state index contributed by atoms with van der Waals surface area (Å²) in [5.74, 6) is 2.75. The second-order valence-electron chi connectivity index (χ2n) is 10.00. The fourth-order valence-electron chi connectivity index (χ4n) is 5.14. The number of hydrogen-bond acceptors (Lipinski definition) is 5. The summed E-state index contributed by atoms with van der Waals surface area (Å²) in [6.45, 7) is 2.06. The van der Waals surface area contributed by atoms with Crippen LogP contribution in [-0.4, -0.2) is 56.2 Å². The van der Waals surface area contributed by atoms with E-state index in [1.165, 1.54) is 0 Å². The third-order valence-corrected chi connectivity index (χ3v) is 7.22. The van der Waals surface area contributed by atoms with Crippen molar-refractivity contribution in [2.45, 2.75) is 12.5 Å². The lowest BCUT2D eigenvalue weighted by Crippen LogP contribution is -2.21. The van der Waals surface area contributed by atoms with Crippen LogP contribution in [0.1, 0.15) is 6.42 Å². The van der Waals surface area contributed by atoms with Crippen molar-refractivity contribution in [3.8, 4) is 45.4 Å². The van der Waals surface area contributed by atoms with Crippen molar-refractivity contribution < 1.29 is 9.84 Å². The van der Waals surface area contributed by atoms with Crippen LogP contribution in [-0.2, 0) is 0 Å². The Hall–Kier alpha value is -4.62. The minimum absolute atomic E-state index is 0.239. The highest BCUT2D eigenvalue weighted by molar-refractivity contribution is 5.88. The van der Waals surface area contributed by atoms with E-state index >= 15 is 0 Å². The van der Waals surface area contributed by atoms with E-state index in [1.54, 1.807) is 12.1 Å². The number of nitrogens with one attached hydrogen (secondary N) is 2. The van der Waals surface area contributed by atoms with Crippen LogP contribution in [0.4, 0.5) is 0 Å². The summed E-state index contributed by atoms with van der Waals surface area (Å²) in [6.07, 6.45) is 1.33. The summed E-state index contributed by atoms with van der Waals surface area (Å²) in [7, 11) is 2.13. The van der Waals surface area contributed by atoms with E-state index in [4.69, 9.17) is 14.7 Å². The minimum Gasteiger partial charge on any atom is -0.508 e. The Morgan fingerprint density at radius 1 is 0.737 bits per heavy atom. The van der Waals surface area contributed by atoms with Gasteiger partial charge in [0.1, 0.15) is 29.3 Å². The van der Waals surface area contributed by atoms with Crippen molar-refractivity contribution in [2.75, 3.05) is 20.1 Å². The standard InChI is InChI=1S/C31H27N5O2/c1-36-15-14-25(18-36)38-24-10-4-20(5-11-24)31-33-27-13-7-22(17-29(27)35-31)21-6-12-26-28(16-21)34-30(32-26)19-2-8-23(37)9-3-19/h2-13,16-17,25,37H,14-15,18H2,1H3,(H,32,34)(H,33,35)/t25-/m1/s1. The van der Waals surface area contributed by atoms with E-state index in [9.17, 15) is 5.11 Å². The molecule has 2 aromatic heterocycles. The second kappa shape index (κ2) is 9.04. The predicted octanol–water partition coefficient (Wildman–Crippen LogP) is 6.23. The molecule has 1 aliphatic rings. The lowest BCUT2D eigenvalue weighted by atomic mass is 10.0. The van der Waals surface area contributed by atoms with Crippen molar-refractivity contribution in [2.24, 2.45) is 0 Å². The van der Waals surface area contributed by atoms with Crippen LogP contribution >= 0.6 is 0 Å². The molecular weight excluding hydrogens is 474 g/mol. The summed E-state index contributed by atoms with van der Waals surface area (Å²) in [4.78, 5) is 18.8. The highest BCUT2D eigenvalue weighted by atomic mass is 16.5. The van der Waals surface area contributed by atoms with E-state index in [1.807, 2.05) is 24.3 Å². The smallest absolute Gasteiger partial charge is 0.138 e. The number of imidazole rings is 2. The molecule has 6 aromatic rings. The molecule has 0 aliphatic carbocycles. The number of aromatic hydroxyl groups is 1. The third kappa shape index (κ3) is 4.27. The summed E-state index contributed by atoms with van der Waals surface area (Å²) in [5, 5.41) is 9.57. The van der Waals surface area contributed by atoms with Crippen molar-refractivity contribution in [3.63, 3.8) is 0 Å². The molecule has 7 rings (SSSR count). The van der Waals surface area contributed by atoms with E-state index in [0.717, 1.165) is 81.2 Å². The number of H-pyrrole nitrogens is 2. The highest BCUT2D eigenvalue weighted by Gasteiger charge is 2.21. The summed E-state index contributed by atoms with van der Waals surface area (Å²) in [6, 6.07) is 27.7. The van der Waals surface area contributed by atoms with Crippen LogP contribution in [0.2, 0.25) is 0 Å². The molecular formula is C31H27N5O2. The highest BCUT2D eigenvalue weighted by Crippen LogP contribution is 2.30. The zero-order valence-corrected chi connectivity index (χ0v) is 21.0. The monoisotopic (exact) mass is 501 g/mol. The Labute approximate surface area is 219 Å². The summed E-state index contributed by atoms with van der Waals surface area (Å²) < 4.78 is 6.13. The number of phenols is 1. The SMILES string of the molecule is CN1CC[C@@H](Oc2ccc(-c3nc4cc(-c5ccc6[nH]c(-c7ccc(O)cc7)nc6c5)ccc4[nH]3)cc2)C1. The first kappa shape index (κ1) is 22.6. The molecule has 0 saturated carbocycles. The van der Waals surface area contributed by atoms with Gasteiger partial charge in [-0.1, -0.05) is 12.1 Å². The lowest BCUT2D eigenvalue weighted by molar-refractivity contribution is 0.208. The Kier molecular flexibility index (Phi) is 5.37. The number of benzene rings is 4. The largest absolute Gasteiger partial charge is 0.508 e. The second-order valence-corrected chi connectivity index (χ2v) is 10.00. The number of aromatic nitrogens is 4. The molecule has 0 unspecified atom stereocenters. The van der Waals surface area contributed by atoms with Gasteiger partial charge in [-0.2, -0.15) is 0 Å². The molecule has 7 nitrogen and oxygen atoms in total. The molecule has 0 bridgehead atoms. The quantitative estimate of drug-likeness (QED) is 0.261. The number of nitrogens with zero attached hydrogens (tertiary/aromatic N) is 3. The maximum absolute atomic E-state index is 9.57. The van der Waals surface area contributed by atoms with Gasteiger partial charge in [0.15, 0.2) is 0 Å². The maximum Gasteiger partial charge on any atom is 0.138 e. The number of likely N-dealkylation sites (N-methyl/N-ethyl adjacent to an activating group) is 1. The van der Waals surface area contributed by atoms with Gasteiger partial charge in [-0.3, -0.25) is 0 Å². The lowest BCUT2D eigenvalue weighted by Gasteiger charge is -2.13. The molecule has 1 saturated heterocycles. The first-order chi connectivity index (χ1) is 18.6. The predicted molar refractivity (Wildman–Crippen MR) is 150 cm³/mol. The molecule has 3 heterocycles. The number of aromatic amines is 2. The Bertz CT molecular complexity index is 1750. The third-order valence-electron chi connectivity index (χ3n) is 7.22. The molecule has 188 valence electrons. The molecule has 4 aromatic carbocycles. The Morgan fingerprint density at radius 3 is 1.79 bits per heavy atom. The summed E-state index contributed by atoms with van der Waals surface area (Å²) >= 11 is 0. The number of phenolic OH excluding ortho intramolecular Hbond substituents is 1. The Balaban J connectivity index is 1.14. The van der Waals surface area contributed by atoms with Crippen LogP contribution in [0.5, 0.6) is 11.5 Å². The van der Waals surface area contributed by atoms with Crippen LogP contribution in [0.25, 0.3) is 56.0 Å². The zero-order valence-electron chi connectivity index (χ0n) is 21.0. The molecule has 0 amide bonds. The van der Waals surface area contributed by atoms with Crippen LogP contribution in [0.15, 0.2) is 84.9 Å². The molecule has 38 heavy (non-hydrogen) atoms. The van der Waals surface area contributed by atoms with Crippen molar-refractivity contribution in [1.82, 2.24) is 24.8 Å². The van der Waals surface area contributed by atoms with Gasteiger partial charge in [-0.15, -0.1) is 0 Å². The number of ether oxygens (including phenoxy) is 1. The van der Waals surface area contributed by atoms with Gasteiger partial charge in [0.05, 0.1) is 22.1 Å². The normalized spacial score (nSPS) is 16.0. The van der Waals surface area contributed by atoms with Crippen LogP contribution in [0.3, 0.4) is 0 Å². The minimum atomic E-state index is 0.239. The van der Waals surface area contributed by atoms with Gasteiger partial charge >= 0.3 is 0 Å². The van der Waals surface area contributed by atoms with Gasteiger partial charge in [0.25, 0.3) is 0 Å². The van der Waals surface area contributed by atoms with Crippen LogP contribution < -0.4 is 4.74 Å². The first-order valence-corrected chi connectivity index (χ1v) is 12.8. The average molecular weight is 502 g/mol. The molecule has 1 aliphatic heterocycles. The molecule has 1 fully saturated rings. The van der Waals surface area contributed by atoms with Gasteiger partial charge < -0.3 is 24.7 Å². The van der Waals surface area contributed by atoms with E-state index < -0.39 is 0 Å². The van der Waals surface area contributed by atoms with Crippen molar-refractivity contribution in [1.29, 1.82) is 0 Å². The fourth-order valence-corrected chi connectivity index (χ4v) is 5.14. The Morgan fingerprint density at radius 2 is 1.26 bits per heavy atom. The average Bonchev–Trinajstić information content (AvgIpc) is 3.66. The van der Waals surface area contributed by atoms with E-state index in [0.29, 0.717) is 0 Å². The number of fused-ring (bicyclic) bond motifs is 2. The van der Waals surface area contributed by atoms with Gasteiger partial charge in [0, 0.05) is 24.2 Å². The first-order valence-electron chi connectivity index (χ1n) is 12.8. The molecule has 7 heteroatoms. The molecule has 1 atom stereocenters. The van der Waals surface area contributed by atoms with Crippen molar-refractivity contribution in [3.05, 3.63) is 84.9 Å². The zero-order chi connectivity index (χ0) is 25.6. The number of rotatable bonds is 5. The van der Waals surface area contributed by atoms with E-state index in [2.05, 4.69) is 70.4 Å². The fraction of sp³-hybridized carbons (Fsp3) is 0.161. The molecule has 0 spiro atoms. The number of hydrogen-bond donors (Lipinski definition) is 3. The van der Waals surface area contributed by atoms with Crippen molar-refractivity contribution >= 4 is 22.1 Å². The van der Waals surface area contributed by atoms with Gasteiger partial charge in [-0.25, -0.2) is 9.97 Å². The molecule has 3 N–H and O–H groups in total.